The minimum Gasteiger partial charge on any atom is -0.377 e. The number of carbonyl (C=O) groups is 1. The van der Waals surface area contributed by atoms with Crippen LogP contribution in [0.15, 0.2) is 18.2 Å². The largest absolute Gasteiger partial charge is 0.377 e. The fourth-order valence-corrected chi connectivity index (χ4v) is 3.00. The summed E-state index contributed by atoms with van der Waals surface area (Å²) in [5, 5.41) is 3.22. The van der Waals surface area contributed by atoms with Gasteiger partial charge < -0.3 is 10.1 Å². The number of nitrogens with one attached hydrogen (secondary N) is 1. The summed E-state index contributed by atoms with van der Waals surface area (Å²) in [7, 11) is 0. The zero-order valence-electron chi connectivity index (χ0n) is 11.3. The molecule has 1 saturated heterocycles. The van der Waals surface area contributed by atoms with Crippen molar-refractivity contribution < 1.29 is 9.53 Å². The molecule has 0 saturated carbocycles. The van der Waals surface area contributed by atoms with Crippen LogP contribution in [-0.2, 0) is 17.6 Å². The Balaban J connectivity index is 1.52. The summed E-state index contributed by atoms with van der Waals surface area (Å²) >= 11 is 0. The number of ether oxygens (including phenoxy) is 1. The van der Waals surface area contributed by atoms with E-state index >= 15 is 0 Å². The number of fused-ring (bicyclic) bond motifs is 1. The molecule has 3 nitrogen and oxygen atoms in total. The minimum absolute atomic E-state index is 0.188. The van der Waals surface area contributed by atoms with E-state index in [1.54, 1.807) is 0 Å². The molecular weight excluding hydrogens is 238 g/mol. The van der Waals surface area contributed by atoms with E-state index in [0.717, 1.165) is 38.0 Å². The molecule has 0 aromatic heterocycles. The molecule has 19 heavy (non-hydrogen) atoms. The molecule has 1 aliphatic carbocycles. The van der Waals surface area contributed by atoms with Gasteiger partial charge in [0.2, 0.25) is 0 Å². The van der Waals surface area contributed by atoms with Crippen molar-refractivity contribution in [2.75, 3.05) is 19.7 Å². The Hall–Kier alpha value is -1.19. The molecule has 0 radical (unpaired) electrons. The predicted molar refractivity (Wildman–Crippen MR) is 74.6 cm³/mol. The van der Waals surface area contributed by atoms with Crippen molar-refractivity contribution in [3.05, 3.63) is 34.9 Å². The summed E-state index contributed by atoms with van der Waals surface area (Å²) in [4.78, 5) is 12.1. The number of aryl methyl sites for hydroxylation is 2. The number of ketones is 1. The highest BCUT2D eigenvalue weighted by molar-refractivity contribution is 5.97. The molecule has 0 bridgehead atoms. The second-order valence-electron chi connectivity index (χ2n) is 5.53. The molecule has 3 rings (SSSR count). The average molecular weight is 259 g/mol. The first-order chi connectivity index (χ1) is 9.33. The number of carbonyl (C=O) groups excluding carboxylic acids is 1. The Morgan fingerprint density at radius 3 is 3.00 bits per heavy atom. The Kier molecular flexibility index (Phi) is 3.95. The van der Waals surface area contributed by atoms with Gasteiger partial charge in [0.15, 0.2) is 5.78 Å². The molecule has 0 amide bonds. The number of benzene rings is 1. The van der Waals surface area contributed by atoms with Gasteiger partial charge >= 0.3 is 0 Å². The molecule has 1 fully saturated rings. The summed E-state index contributed by atoms with van der Waals surface area (Å²) in [6.07, 6.45) is 6.07. The van der Waals surface area contributed by atoms with Gasteiger partial charge in [0.05, 0.1) is 12.6 Å². The van der Waals surface area contributed by atoms with E-state index in [0.29, 0.717) is 12.6 Å². The maximum atomic E-state index is 12.1. The summed E-state index contributed by atoms with van der Waals surface area (Å²) in [5.74, 6) is 0.188. The fraction of sp³-hybridized carbons (Fsp3) is 0.562. The number of hydrogen-bond donors (Lipinski definition) is 1. The van der Waals surface area contributed by atoms with Gasteiger partial charge in [0, 0.05) is 18.7 Å². The molecule has 1 aromatic rings. The van der Waals surface area contributed by atoms with Crippen LogP contribution in [-0.4, -0.2) is 31.6 Å². The molecule has 102 valence electrons. The van der Waals surface area contributed by atoms with Crippen LogP contribution in [0.5, 0.6) is 0 Å². The molecule has 1 aliphatic heterocycles. The lowest BCUT2D eigenvalue weighted by atomic mass is 10.0. The van der Waals surface area contributed by atoms with Gasteiger partial charge in [-0.2, -0.15) is 0 Å². The van der Waals surface area contributed by atoms with Gasteiger partial charge in [0.25, 0.3) is 0 Å². The Morgan fingerprint density at radius 1 is 1.26 bits per heavy atom. The van der Waals surface area contributed by atoms with Crippen LogP contribution < -0.4 is 5.32 Å². The zero-order chi connectivity index (χ0) is 13.1. The van der Waals surface area contributed by atoms with Gasteiger partial charge in [-0.15, -0.1) is 0 Å². The monoisotopic (exact) mass is 259 g/mol. The topological polar surface area (TPSA) is 38.3 Å². The first kappa shape index (κ1) is 12.8. The SMILES string of the molecule is O=C(CNCC1CCCO1)c1ccc2c(c1)CCC2. The molecule has 3 heteroatoms. The zero-order valence-corrected chi connectivity index (χ0v) is 11.3. The van der Waals surface area contributed by atoms with Crippen LogP contribution >= 0.6 is 0 Å². The van der Waals surface area contributed by atoms with Crippen molar-refractivity contribution in [1.82, 2.24) is 5.32 Å². The van der Waals surface area contributed by atoms with E-state index < -0.39 is 0 Å². The Labute approximate surface area is 114 Å². The molecule has 1 atom stereocenters. The first-order valence-electron chi connectivity index (χ1n) is 7.30. The van der Waals surface area contributed by atoms with Gasteiger partial charge in [-0.05, 0) is 49.3 Å². The van der Waals surface area contributed by atoms with E-state index in [1.165, 1.54) is 24.0 Å². The van der Waals surface area contributed by atoms with Crippen molar-refractivity contribution in [1.29, 1.82) is 0 Å². The Morgan fingerprint density at radius 2 is 2.16 bits per heavy atom. The van der Waals surface area contributed by atoms with Crippen molar-refractivity contribution in [3.8, 4) is 0 Å². The maximum Gasteiger partial charge on any atom is 0.176 e. The van der Waals surface area contributed by atoms with E-state index in [1.807, 2.05) is 6.07 Å². The first-order valence-corrected chi connectivity index (χ1v) is 7.30. The molecule has 2 aliphatic rings. The summed E-state index contributed by atoms with van der Waals surface area (Å²) < 4.78 is 5.53. The lowest BCUT2D eigenvalue weighted by Gasteiger charge is -2.10. The maximum absolute atomic E-state index is 12.1. The lowest BCUT2D eigenvalue weighted by molar-refractivity contribution is 0.0955. The third-order valence-electron chi connectivity index (χ3n) is 4.10. The standard InChI is InChI=1S/C16H21NO2/c18-16(11-17-10-15-5-2-8-19-15)14-7-6-12-3-1-4-13(12)9-14/h6-7,9,15,17H,1-5,8,10-11H2. The Bertz CT molecular complexity index is 464. The van der Waals surface area contributed by atoms with Crippen LogP contribution in [0.25, 0.3) is 0 Å². The van der Waals surface area contributed by atoms with E-state index in [4.69, 9.17) is 4.74 Å². The van der Waals surface area contributed by atoms with E-state index in [2.05, 4.69) is 17.4 Å². The molecule has 1 unspecified atom stereocenters. The van der Waals surface area contributed by atoms with Crippen LogP contribution in [0.2, 0.25) is 0 Å². The lowest BCUT2D eigenvalue weighted by Crippen LogP contribution is -2.30. The van der Waals surface area contributed by atoms with Gasteiger partial charge in [0.1, 0.15) is 0 Å². The quantitative estimate of drug-likeness (QED) is 0.823. The fourth-order valence-electron chi connectivity index (χ4n) is 3.00. The summed E-state index contributed by atoms with van der Waals surface area (Å²) in [6.45, 7) is 2.07. The van der Waals surface area contributed by atoms with Crippen LogP contribution in [0.3, 0.4) is 0 Å². The van der Waals surface area contributed by atoms with E-state index in [-0.39, 0.29) is 5.78 Å². The highest BCUT2D eigenvalue weighted by atomic mass is 16.5. The second-order valence-corrected chi connectivity index (χ2v) is 5.53. The van der Waals surface area contributed by atoms with Crippen molar-refractivity contribution >= 4 is 5.78 Å². The number of Topliss-reactive ketones (excluding diaryl/α,β-unsaturated/α-hetero) is 1. The normalized spacial score (nSPS) is 21.6. The second kappa shape index (κ2) is 5.85. The molecule has 1 N–H and O–H groups in total. The molecule has 1 aromatic carbocycles. The summed E-state index contributed by atoms with van der Waals surface area (Å²) in [5.41, 5.74) is 3.63. The number of hydrogen-bond acceptors (Lipinski definition) is 3. The van der Waals surface area contributed by atoms with Crippen molar-refractivity contribution in [3.63, 3.8) is 0 Å². The van der Waals surface area contributed by atoms with Gasteiger partial charge in [-0.1, -0.05) is 12.1 Å². The van der Waals surface area contributed by atoms with Crippen LogP contribution in [0.1, 0.15) is 40.7 Å². The highest BCUT2D eigenvalue weighted by Gasteiger charge is 2.16. The third-order valence-corrected chi connectivity index (χ3v) is 4.10. The number of rotatable bonds is 5. The minimum atomic E-state index is 0.188. The van der Waals surface area contributed by atoms with Crippen LogP contribution in [0, 0.1) is 0 Å². The molecule has 0 spiro atoms. The van der Waals surface area contributed by atoms with E-state index in [9.17, 15) is 4.79 Å². The van der Waals surface area contributed by atoms with Crippen LogP contribution in [0.4, 0.5) is 0 Å². The smallest absolute Gasteiger partial charge is 0.176 e. The summed E-state index contributed by atoms with van der Waals surface area (Å²) in [6, 6.07) is 6.17. The van der Waals surface area contributed by atoms with Gasteiger partial charge in [-0.3, -0.25) is 4.79 Å². The third kappa shape index (κ3) is 3.04. The van der Waals surface area contributed by atoms with Crippen molar-refractivity contribution in [2.24, 2.45) is 0 Å². The highest BCUT2D eigenvalue weighted by Crippen LogP contribution is 2.22. The molecular formula is C16H21NO2. The predicted octanol–water partition coefficient (Wildman–Crippen LogP) is 2.13. The van der Waals surface area contributed by atoms with Crippen molar-refractivity contribution in [2.45, 2.75) is 38.2 Å². The van der Waals surface area contributed by atoms with Gasteiger partial charge in [-0.25, -0.2) is 0 Å². The molecule has 1 heterocycles. The average Bonchev–Trinajstić information content (AvgIpc) is 3.08.